The van der Waals surface area contributed by atoms with Crippen molar-refractivity contribution in [3.05, 3.63) is 81.0 Å². The number of nitrogens with zero attached hydrogens (tertiary/aromatic N) is 1. The van der Waals surface area contributed by atoms with Crippen molar-refractivity contribution in [1.82, 2.24) is 10.3 Å². The maximum atomic E-state index is 9.79. The van der Waals surface area contributed by atoms with Gasteiger partial charge >= 0.3 is 0 Å². The van der Waals surface area contributed by atoms with Crippen LogP contribution in [0.5, 0.6) is 5.75 Å². The molecule has 0 saturated heterocycles. The molecule has 0 aliphatic carbocycles. The smallest absolute Gasteiger partial charge is 0.117 e. The highest BCUT2D eigenvalue weighted by Crippen LogP contribution is 2.29. The fourth-order valence-electron chi connectivity index (χ4n) is 3.12. The summed E-state index contributed by atoms with van der Waals surface area (Å²) in [6.07, 6.45) is 0. The average Bonchev–Trinajstić information content (AvgIpc) is 3.20. The Kier molecular flexibility index (Phi) is 5.25. The maximum absolute atomic E-state index is 9.79. The predicted octanol–water partition coefficient (Wildman–Crippen LogP) is 6.28. The number of aromatic hydroxyl groups is 1. The van der Waals surface area contributed by atoms with E-state index in [4.69, 9.17) is 4.98 Å². The van der Waals surface area contributed by atoms with E-state index in [2.05, 4.69) is 75.3 Å². The van der Waals surface area contributed by atoms with E-state index in [1.54, 1.807) is 23.5 Å². The SMILES string of the molecule is C[C@@H](NCc1cc2ccc(O)cc2nc1-c1ccsc1)c1ccc(Br)cc1. The second-order valence-corrected chi connectivity index (χ2v) is 8.23. The molecule has 0 amide bonds. The van der Waals surface area contributed by atoms with Gasteiger partial charge in [0.1, 0.15) is 5.75 Å². The molecule has 0 aliphatic rings. The molecule has 4 aromatic rings. The first-order valence-electron chi connectivity index (χ1n) is 8.74. The third-order valence-electron chi connectivity index (χ3n) is 4.64. The summed E-state index contributed by atoms with van der Waals surface area (Å²) in [5.74, 6) is 0.237. The second-order valence-electron chi connectivity index (χ2n) is 6.54. The van der Waals surface area contributed by atoms with Crippen LogP contribution in [0.3, 0.4) is 0 Å². The first-order chi connectivity index (χ1) is 13.1. The van der Waals surface area contributed by atoms with Gasteiger partial charge in [-0.15, -0.1) is 0 Å². The number of phenols is 1. The van der Waals surface area contributed by atoms with Crippen molar-refractivity contribution in [2.45, 2.75) is 19.5 Å². The first kappa shape index (κ1) is 18.2. The molecule has 0 spiro atoms. The van der Waals surface area contributed by atoms with Gasteiger partial charge in [0.25, 0.3) is 0 Å². The summed E-state index contributed by atoms with van der Waals surface area (Å²) < 4.78 is 1.08. The van der Waals surface area contributed by atoms with Crippen molar-refractivity contribution in [3.63, 3.8) is 0 Å². The Morgan fingerprint density at radius 3 is 2.67 bits per heavy atom. The standard InChI is InChI=1S/C22H19BrN2OS/c1-14(15-2-5-19(23)6-3-15)24-12-18-10-16-4-7-20(26)11-21(16)25-22(18)17-8-9-27-13-17/h2-11,13-14,24,26H,12H2,1H3/t14-/m1/s1. The van der Waals surface area contributed by atoms with Crippen molar-refractivity contribution in [3.8, 4) is 17.0 Å². The number of aromatic nitrogens is 1. The quantitative estimate of drug-likeness (QED) is 0.385. The van der Waals surface area contributed by atoms with Crippen LogP contribution in [-0.4, -0.2) is 10.1 Å². The molecular weight excluding hydrogens is 420 g/mol. The molecular formula is C22H19BrN2OS. The van der Waals surface area contributed by atoms with Gasteiger partial charge in [-0.3, -0.25) is 0 Å². The Morgan fingerprint density at radius 1 is 1.11 bits per heavy atom. The van der Waals surface area contributed by atoms with E-state index in [9.17, 15) is 5.11 Å². The lowest BCUT2D eigenvalue weighted by Gasteiger charge is -2.16. The lowest BCUT2D eigenvalue weighted by atomic mass is 10.0. The van der Waals surface area contributed by atoms with Crippen LogP contribution in [0.15, 0.2) is 69.8 Å². The fourth-order valence-corrected chi connectivity index (χ4v) is 4.02. The molecule has 3 nitrogen and oxygen atoms in total. The van der Waals surface area contributed by atoms with Crippen LogP contribution >= 0.6 is 27.3 Å². The highest BCUT2D eigenvalue weighted by molar-refractivity contribution is 9.10. The number of phenolic OH excluding ortho intramolecular Hbond substituents is 1. The van der Waals surface area contributed by atoms with E-state index in [0.29, 0.717) is 6.54 Å². The summed E-state index contributed by atoms with van der Waals surface area (Å²) >= 11 is 5.14. The molecule has 0 saturated carbocycles. The molecule has 136 valence electrons. The van der Waals surface area contributed by atoms with E-state index < -0.39 is 0 Å². The predicted molar refractivity (Wildman–Crippen MR) is 116 cm³/mol. The highest BCUT2D eigenvalue weighted by atomic mass is 79.9. The number of pyridine rings is 1. The minimum absolute atomic E-state index is 0.226. The number of thiophene rings is 1. The van der Waals surface area contributed by atoms with E-state index in [1.807, 2.05) is 6.07 Å². The molecule has 0 unspecified atom stereocenters. The Hall–Kier alpha value is -2.21. The molecule has 27 heavy (non-hydrogen) atoms. The van der Waals surface area contributed by atoms with Crippen molar-refractivity contribution in [2.75, 3.05) is 0 Å². The minimum Gasteiger partial charge on any atom is -0.508 e. The zero-order valence-electron chi connectivity index (χ0n) is 14.8. The van der Waals surface area contributed by atoms with Gasteiger partial charge in [0, 0.05) is 39.5 Å². The van der Waals surface area contributed by atoms with Crippen LogP contribution in [-0.2, 0) is 6.54 Å². The average molecular weight is 439 g/mol. The van der Waals surface area contributed by atoms with Crippen LogP contribution in [0.4, 0.5) is 0 Å². The molecule has 5 heteroatoms. The van der Waals surface area contributed by atoms with Crippen molar-refractivity contribution >= 4 is 38.2 Å². The van der Waals surface area contributed by atoms with Crippen LogP contribution in [0.2, 0.25) is 0 Å². The van der Waals surface area contributed by atoms with Gasteiger partial charge in [0.2, 0.25) is 0 Å². The van der Waals surface area contributed by atoms with Crippen molar-refractivity contribution < 1.29 is 5.11 Å². The van der Waals surface area contributed by atoms with Crippen LogP contribution in [0.25, 0.3) is 22.2 Å². The molecule has 4 rings (SSSR count). The Labute approximate surface area is 170 Å². The van der Waals surface area contributed by atoms with Gasteiger partial charge in [0.05, 0.1) is 11.2 Å². The van der Waals surface area contributed by atoms with Crippen molar-refractivity contribution in [2.24, 2.45) is 0 Å². The van der Waals surface area contributed by atoms with Gasteiger partial charge in [-0.1, -0.05) is 28.1 Å². The van der Waals surface area contributed by atoms with E-state index >= 15 is 0 Å². The summed E-state index contributed by atoms with van der Waals surface area (Å²) in [6, 6.07) is 18.2. The normalized spacial score (nSPS) is 12.4. The van der Waals surface area contributed by atoms with Gasteiger partial charge in [-0.2, -0.15) is 11.3 Å². The first-order valence-corrected chi connectivity index (χ1v) is 10.5. The molecule has 0 aliphatic heterocycles. The lowest BCUT2D eigenvalue weighted by molar-refractivity contribution is 0.476. The van der Waals surface area contributed by atoms with Crippen molar-refractivity contribution in [1.29, 1.82) is 0 Å². The Balaban J connectivity index is 1.66. The van der Waals surface area contributed by atoms with Gasteiger partial charge in [0.15, 0.2) is 0 Å². The van der Waals surface area contributed by atoms with E-state index in [0.717, 1.165) is 32.2 Å². The molecule has 2 aromatic heterocycles. The molecule has 1 atom stereocenters. The summed E-state index contributed by atoms with van der Waals surface area (Å²) in [6.45, 7) is 2.88. The summed E-state index contributed by atoms with van der Waals surface area (Å²) in [7, 11) is 0. The topological polar surface area (TPSA) is 45.1 Å². The monoisotopic (exact) mass is 438 g/mol. The largest absolute Gasteiger partial charge is 0.508 e. The van der Waals surface area contributed by atoms with Crippen LogP contribution in [0, 0.1) is 0 Å². The third-order valence-corrected chi connectivity index (χ3v) is 5.86. The highest BCUT2D eigenvalue weighted by Gasteiger charge is 2.12. The molecule has 2 N–H and O–H groups in total. The number of benzene rings is 2. The zero-order valence-corrected chi connectivity index (χ0v) is 17.2. The van der Waals surface area contributed by atoms with Gasteiger partial charge in [-0.25, -0.2) is 4.98 Å². The Morgan fingerprint density at radius 2 is 1.93 bits per heavy atom. The molecule has 2 aromatic carbocycles. The second kappa shape index (κ2) is 7.80. The summed E-state index contributed by atoms with van der Waals surface area (Å²) in [5, 5.41) is 18.6. The number of rotatable bonds is 5. The van der Waals surface area contributed by atoms with E-state index in [-0.39, 0.29) is 11.8 Å². The number of fused-ring (bicyclic) bond motifs is 1. The van der Waals surface area contributed by atoms with Gasteiger partial charge in [-0.05, 0) is 59.8 Å². The van der Waals surface area contributed by atoms with E-state index in [1.165, 1.54) is 5.56 Å². The number of nitrogens with one attached hydrogen (secondary N) is 1. The number of halogens is 1. The lowest BCUT2D eigenvalue weighted by Crippen LogP contribution is -2.18. The third kappa shape index (κ3) is 4.05. The summed E-state index contributed by atoms with van der Waals surface area (Å²) in [4.78, 5) is 4.84. The number of hydrogen-bond donors (Lipinski definition) is 2. The summed E-state index contributed by atoms with van der Waals surface area (Å²) in [5.41, 5.74) is 5.27. The van der Waals surface area contributed by atoms with Crippen LogP contribution < -0.4 is 5.32 Å². The van der Waals surface area contributed by atoms with Crippen LogP contribution in [0.1, 0.15) is 24.1 Å². The zero-order chi connectivity index (χ0) is 18.8. The Bertz CT molecular complexity index is 1060. The molecule has 0 radical (unpaired) electrons. The van der Waals surface area contributed by atoms with Gasteiger partial charge < -0.3 is 10.4 Å². The molecule has 0 bridgehead atoms. The maximum Gasteiger partial charge on any atom is 0.117 e. The molecule has 0 fully saturated rings. The molecule has 2 heterocycles. The minimum atomic E-state index is 0.226. The fraction of sp³-hybridized carbons (Fsp3) is 0.136. The number of hydrogen-bond acceptors (Lipinski definition) is 4.